The van der Waals surface area contributed by atoms with Crippen LogP contribution in [0.15, 0.2) is 75.1 Å². The van der Waals surface area contributed by atoms with Gasteiger partial charge in [-0.15, -0.1) is 11.8 Å². The van der Waals surface area contributed by atoms with E-state index in [0.29, 0.717) is 55.8 Å². The third kappa shape index (κ3) is 8.95. The highest BCUT2D eigenvalue weighted by atomic mass is 32.2. The standard InChI is InChI=1S/C19H12N4O3S.C15H10N4O2S.C5H6OS.CH4/c20-6-13-17(12-1-2-15-16(5-12)26-10-25-15)14(7-21)19(23-18(13)22)24-8-11-3-4-27-9-11;1-22-15-10(6-17)13(9(5-16)14(18)19-15)8-2-3-11-12(4-8)21-7-20-11;6-3-5-1-2-7-4-5;/h1-5,9H,8,10H2,(H2,22,23);2-4H,7H2,1H3,(H2,18,19);1-2,4,6H,3H2;1H4. The molecule has 8 rings (SSSR count). The van der Waals surface area contributed by atoms with E-state index in [4.69, 9.17) is 40.3 Å². The van der Waals surface area contributed by atoms with Gasteiger partial charge in [0.15, 0.2) is 23.0 Å². The van der Waals surface area contributed by atoms with E-state index >= 15 is 0 Å². The van der Waals surface area contributed by atoms with Crippen molar-refractivity contribution in [3.63, 3.8) is 0 Å². The van der Waals surface area contributed by atoms with Crippen LogP contribution >= 0.6 is 34.4 Å². The van der Waals surface area contributed by atoms with Crippen molar-refractivity contribution in [3.8, 4) is 75.4 Å². The number of fused-ring (bicyclic) bond motifs is 2. The van der Waals surface area contributed by atoms with Gasteiger partial charge in [0.05, 0.1) is 12.2 Å². The number of nitrogens with zero attached hydrogens (tertiary/aromatic N) is 6. The van der Waals surface area contributed by atoms with Crippen molar-refractivity contribution in [2.24, 2.45) is 0 Å². The Labute approximate surface area is 340 Å². The largest absolute Gasteiger partial charge is 0.472 e. The summed E-state index contributed by atoms with van der Waals surface area (Å²) in [6.07, 6.45) is 1.80. The van der Waals surface area contributed by atoms with Gasteiger partial charge in [-0.3, -0.25) is 0 Å². The number of nitriles is 4. The number of pyridine rings is 2. The number of nitrogen functional groups attached to an aromatic ring is 2. The molecule has 0 radical (unpaired) electrons. The van der Waals surface area contributed by atoms with Gasteiger partial charge in [-0.2, -0.15) is 48.7 Å². The molecular weight excluding hydrogens is 785 g/mol. The number of hydrogen-bond acceptors (Lipinski definition) is 17. The first-order chi connectivity index (χ1) is 27.3. The number of aliphatic hydroxyl groups is 1. The summed E-state index contributed by atoms with van der Waals surface area (Å²) in [7, 11) is 0. The lowest BCUT2D eigenvalue weighted by Gasteiger charge is -2.14. The summed E-state index contributed by atoms with van der Waals surface area (Å²) in [5.41, 5.74) is 16.7. The molecule has 0 aliphatic carbocycles. The van der Waals surface area contributed by atoms with Crippen LogP contribution in [0.2, 0.25) is 0 Å². The number of thiophene rings is 2. The molecular formula is C40H32N8O6S3. The van der Waals surface area contributed by atoms with Gasteiger partial charge in [-0.05, 0) is 80.9 Å². The predicted molar refractivity (Wildman–Crippen MR) is 217 cm³/mol. The molecule has 2 aliphatic heterocycles. The summed E-state index contributed by atoms with van der Waals surface area (Å²) < 4.78 is 27.1. The smallest absolute Gasteiger partial charge is 0.234 e. The van der Waals surface area contributed by atoms with Crippen LogP contribution < -0.4 is 35.2 Å². The molecule has 17 heteroatoms. The number of aliphatic hydroxyl groups excluding tert-OH is 1. The number of thioether (sulfide) groups is 1. The number of ether oxygens (including phenoxy) is 5. The Bertz CT molecular complexity index is 2560. The minimum absolute atomic E-state index is 0. The third-order valence-corrected chi connectivity index (χ3v) is 10.2. The first kappa shape index (κ1) is 41.2. The van der Waals surface area contributed by atoms with Gasteiger partial charge in [0, 0.05) is 16.7 Å². The molecule has 286 valence electrons. The minimum atomic E-state index is 0. The van der Waals surface area contributed by atoms with Crippen LogP contribution in [0, 0.1) is 45.3 Å². The highest BCUT2D eigenvalue weighted by Crippen LogP contribution is 2.42. The average Bonchev–Trinajstić information content (AvgIpc) is 4.08. The summed E-state index contributed by atoms with van der Waals surface area (Å²) in [6.45, 7) is 0.701. The lowest BCUT2D eigenvalue weighted by Crippen LogP contribution is -2.06. The van der Waals surface area contributed by atoms with Gasteiger partial charge in [0.25, 0.3) is 0 Å². The summed E-state index contributed by atoms with van der Waals surface area (Å²) in [5, 5.41) is 54.9. The van der Waals surface area contributed by atoms with Gasteiger partial charge >= 0.3 is 0 Å². The molecule has 0 unspecified atom stereocenters. The molecule has 4 aromatic heterocycles. The zero-order valence-corrected chi connectivity index (χ0v) is 31.8. The Morgan fingerprint density at radius 1 is 0.702 bits per heavy atom. The fraction of sp³-hybridized carbons (Fsp3) is 0.150. The van der Waals surface area contributed by atoms with E-state index in [2.05, 4.69) is 22.1 Å². The molecule has 57 heavy (non-hydrogen) atoms. The fourth-order valence-electron chi connectivity index (χ4n) is 5.44. The normalized spacial score (nSPS) is 11.2. The topological polar surface area (TPSA) is 239 Å². The van der Waals surface area contributed by atoms with Crippen LogP contribution in [0.4, 0.5) is 11.6 Å². The van der Waals surface area contributed by atoms with E-state index in [1.807, 2.05) is 45.8 Å². The van der Waals surface area contributed by atoms with Crippen LogP contribution in [0.1, 0.15) is 40.8 Å². The highest BCUT2D eigenvalue weighted by molar-refractivity contribution is 7.98. The Morgan fingerprint density at radius 2 is 1.19 bits per heavy atom. The lowest BCUT2D eigenvalue weighted by molar-refractivity contribution is 0.173. The lowest BCUT2D eigenvalue weighted by atomic mass is 9.96. The molecule has 2 aliphatic rings. The molecule has 0 saturated carbocycles. The monoisotopic (exact) mass is 816 g/mol. The van der Waals surface area contributed by atoms with Crippen LogP contribution in [-0.2, 0) is 13.2 Å². The van der Waals surface area contributed by atoms with Gasteiger partial charge < -0.3 is 40.3 Å². The van der Waals surface area contributed by atoms with Crippen LogP contribution in [0.25, 0.3) is 22.3 Å². The molecule has 5 N–H and O–H groups in total. The molecule has 14 nitrogen and oxygen atoms in total. The number of nitrogens with two attached hydrogens (primary N) is 2. The maximum atomic E-state index is 9.75. The number of hydrogen-bond donors (Lipinski definition) is 3. The second-order valence-corrected chi connectivity index (χ2v) is 13.7. The SMILES string of the molecule is C.CSc1nc(N)c(C#N)c(-c2ccc3c(c2)OCO3)c1C#N.N#Cc1c(N)nc(OCc2ccsc2)c(C#N)c1-c1ccc2c(c1)OCO2.OCc1ccsc1. The molecule has 0 saturated heterocycles. The van der Waals surface area contributed by atoms with Crippen molar-refractivity contribution >= 4 is 46.1 Å². The summed E-state index contributed by atoms with van der Waals surface area (Å²) in [5.74, 6) is 2.55. The number of aromatic nitrogens is 2. The fourth-order valence-corrected chi connectivity index (χ4v) is 7.29. The second-order valence-electron chi connectivity index (χ2n) is 11.4. The summed E-state index contributed by atoms with van der Waals surface area (Å²) >= 11 is 4.46. The van der Waals surface area contributed by atoms with E-state index in [1.165, 1.54) is 11.8 Å². The van der Waals surface area contributed by atoms with Crippen molar-refractivity contribution in [1.82, 2.24) is 9.97 Å². The maximum absolute atomic E-state index is 9.75. The summed E-state index contributed by atoms with van der Waals surface area (Å²) in [6, 6.07) is 22.6. The Morgan fingerprint density at radius 3 is 1.65 bits per heavy atom. The zero-order valence-electron chi connectivity index (χ0n) is 29.3. The molecule has 0 fully saturated rings. The summed E-state index contributed by atoms with van der Waals surface area (Å²) in [4.78, 5) is 8.26. The minimum Gasteiger partial charge on any atom is -0.472 e. The third-order valence-electron chi connectivity index (χ3n) is 8.07. The van der Waals surface area contributed by atoms with Crippen LogP contribution in [0.3, 0.4) is 0 Å². The molecule has 0 amide bonds. The first-order valence-corrected chi connectivity index (χ1v) is 19.3. The van der Waals surface area contributed by atoms with E-state index < -0.39 is 0 Å². The number of anilines is 2. The van der Waals surface area contributed by atoms with Crippen molar-refractivity contribution in [3.05, 3.63) is 103 Å². The van der Waals surface area contributed by atoms with E-state index in [9.17, 15) is 21.0 Å². The van der Waals surface area contributed by atoms with Crippen LogP contribution in [0.5, 0.6) is 28.9 Å². The first-order valence-electron chi connectivity index (χ1n) is 16.2. The van der Waals surface area contributed by atoms with Gasteiger partial charge in [-0.25, -0.2) is 4.98 Å². The van der Waals surface area contributed by atoms with Crippen LogP contribution in [-0.4, -0.2) is 34.9 Å². The number of rotatable bonds is 7. The Kier molecular flexibility index (Phi) is 13.8. The quantitative estimate of drug-likeness (QED) is 0.130. The second kappa shape index (κ2) is 19.0. The zero-order chi connectivity index (χ0) is 39.6. The number of benzene rings is 2. The Balaban J connectivity index is 0.000000186. The Hall–Kier alpha value is -6.99. The van der Waals surface area contributed by atoms with Crippen molar-refractivity contribution < 1.29 is 28.8 Å². The van der Waals surface area contributed by atoms with Crippen molar-refractivity contribution in [1.29, 1.82) is 21.0 Å². The maximum Gasteiger partial charge on any atom is 0.234 e. The van der Waals surface area contributed by atoms with Gasteiger partial charge in [0.2, 0.25) is 19.5 Å². The molecule has 6 heterocycles. The van der Waals surface area contributed by atoms with E-state index in [1.54, 1.807) is 65.3 Å². The highest BCUT2D eigenvalue weighted by Gasteiger charge is 2.25. The molecule has 0 atom stereocenters. The molecule has 6 aromatic rings. The molecule has 0 spiro atoms. The van der Waals surface area contributed by atoms with Crippen molar-refractivity contribution in [2.45, 2.75) is 25.7 Å². The predicted octanol–water partition coefficient (Wildman–Crippen LogP) is 7.84. The van der Waals surface area contributed by atoms with E-state index in [-0.39, 0.29) is 68.4 Å². The van der Waals surface area contributed by atoms with Gasteiger partial charge in [0.1, 0.15) is 64.2 Å². The van der Waals surface area contributed by atoms with Crippen molar-refractivity contribution in [2.75, 3.05) is 31.3 Å². The molecule has 2 aromatic carbocycles. The van der Waals surface area contributed by atoms with E-state index in [0.717, 1.165) is 11.1 Å². The molecule has 0 bridgehead atoms. The average molecular weight is 817 g/mol. The van der Waals surface area contributed by atoms with Gasteiger partial charge in [-0.1, -0.05) is 19.6 Å².